The van der Waals surface area contributed by atoms with Crippen LogP contribution in [0.3, 0.4) is 0 Å². The lowest BCUT2D eigenvalue weighted by Crippen LogP contribution is -2.45. The molecule has 0 rings (SSSR count). The molecule has 0 aliphatic rings. The summed E-state index contributed by atoms with van der Waals surface area (Å²) >= 11 is 0. The number of hydrogen-bond donors (Lipinski definition) is 4. The molecule has 0 aromatic rings. The van der Waals surface area contributed by atoms with Gasteiger partial charge in [0, 0.05) is 6.42 Å². The van der Waals surface area contributed by atoms with Gasteiger partial charge in [0.05, 0.1) is 6.26 Å². The van der Waals surface area contributed by atoms with E-state index in [0.29, 0.717) is 12.3 Å². The van der Waals surface area contributed by atoms with Crippen LogP contribution in [0.25, 0.3) is 0 Å². The fourth-order valence-corrected chi connectivity index (χ4v) is 0.901. The molecule has 94 valence electrons. The summed E-state index contributed by atoms with van der Waals surface area (Å²) in [6.45, 7) is 1.23. The first kappa shape index (κ1) is 14.8. The Labute approximate surface area is 96.9 Å². The SMILES string of the molecule is C[C@](N)(CC(C=CC(=O)C(=O)O)=CO)C(=O)O. The molecule has 0 radical (unpaired) electrons. The summed E-state index contributed by atoms with van der Waals surface area (Å²) < 4.78 is 0. The molecule has 0 saturated carbocycles. The van der Waals surface area contributed by atoms with Crippen molar-refractivity contribution in [2.45, 2.75) is 18.9 Å². The number of aliphatic carboxylic acids is 2. The van der Waals surface area contributed by atoms with E-state index in [1.54, 1.807) is 0 Å². The average molecular weight is 243 g/mol. The molecule has 1 atom stereocenters. The standard InChI is InChI=1S/C10H13NO6/c1-10(11,9(16)17)4-6(5-12)2-3-7(13)8(14)15/h2-3,5,12H,4,11H2,1H3,(H,14,15)(H,16,17)/t10-/m0/s1. The summed E-state index contributed by atoms with van der Waals surface area (Å²) in [5.41, 5.74) is 3.83. The maximum atomic E-state index is 10.7. The molecule has 0 aliphatic carbocycles. The third-order valence-electron chi connectivity index (χ3n) is 1.89. The van der Waals surface area contributed by atoms with E-state index < -0.39 is 23.3 Å². The monoisotopic (exact) mass is 243 g/mol. The van der Waals surface area contributed by atoms with Crippen molar-refractivity contribution >= 4 is 17.7 Å². The number of ketones is 1. The molecule has 0 spiro atoms. The Kier molecular flexibility index (Phi) is 5.07. The van der Waals surface area contributed by atoms with E-state index in [-0.39, 0.29) is 12.0 Å². The van der Waals surface area contributed by atoms with Crippen molar-refractivity contribution in [3.8, 4) is 0 Å². The van der Waals surface area contributed by atoms with Gasteiger partial charge in [-0.25, -0.2) is 4.79 Å². The van der Waals surface area contributed by atoms with Crippen molar-refractivity contribution in [2.24, 2.45) is 5.73 Å². The molecule has 0 saturated heterocycles. The van der Waals surface area contributed by atoms with Gasteiger partial charge in [0.1, 0.15) is 5.54 Å². The van der Waals surface area contributed by atoms with Crippen LogP contribution in [-0.2, 0) is 14.4 Å². The Balaban J connectivity index is 4.75. The average Bonchev–Trinajstić information content (AvgIpc) is 2.22. The van der Waals surface area contributed by atoms with Crippen LogP contribution in [0.4, 0.5) is 0 Å². The topological polar surface area (TPSA) is 138 Å². The Bertz CT molecular complexity index is 394. The van der Waals surface area contributed by atoms with Crippen molar-refractivity contribution in [2.75, 3.05) is 0 Å². The number of carboxylic acid groups (broad SMARTS) is 2. The zero-order valence-corrected chi connectivity index (χ0v) is 9.08. The van der Waals surface area contributed by atoms with Gasteiger partial charge >= 0.3 is 11.9 Å². The van der Waals surface area contributed by atoms with E-state index in [9.17, 15) is 14.4 Å². The molecule has 0 bridgehead atoms. The normalized spacial score (nSPS) is 15.5. The Morgan fingerprint density at radius 1 is 1.24 bits per heavy atom. The zero-order valence-electron chi connectivity index (χ0n) is 9.08. The van der Waals surface area contributed by atoms with Crippen LogP contribution in [0.1, 0.15) is 13.3 Å². The van der Waals surface area contributed by atoms with Gasteiger partial charge in [-0.1, -0.05) is 6.08 Å². The molecule has 7 nitrogen and oxygen atoms in total. The zero-order chi connectivity index (χ0) is 13.6. The molecular formula is C10H13NO6. The molecule has 0 amide bonds. The summed E-state index contributed by atoms with van der Waals surface area (Å²) in [6, 6.07) is 0. The highest BCUT2D eigenvalue weighted by Crippen LogP contribution is 2.14. The predicted molar refractivity (Wildman–Crippen MR) is 57.3 cm³/mol. The van der Waals surface area contributed by atoms with E-state index >= 15 is 0 Å². The number of aliphatic hydroxyl groups is 1. The second-order valence-electron chi connectivity index (χ2n) is 3.61. The smallest absolute Gasteiger partial charge is 0.376 e. The highest BCUT2D eigenvalue weighted by atomic mass is 16.4. The molecule has 0 aliphatic heterocycles. The van der Waals surface area contributed by atoms with E-state index in [2.05, 4.69) is 0 Å². The van der Waals surface area contributed by atoms with Gasteiger partial charge in [0.25, 0.3) is 5.78 Å². The molecule has 0 fully saturated rings. The molecule has 0 aromatic carbocycles. The van der Waals surface area contributed by atoms with Crippen LogP contribution < -0.4 is 5.73 Å². The molecule has 5 N–H and O–H groups in total. The lowest BCUT2D eigenvalue weighted by Gasteiger charge is -2.18. The van der Waals surface area contributed by atoms with Crippen molar-refractivity contribution in [1.29, 1.82) is 0 Å². The van der Waals surface area contributed by atoms with Gasteiger partial charge in [-0.05, 0) is 18.6 Å². The van der Waals surface area contributed by atoms with Crippen molar-refractivity contribution < 1.29 is 29.7 Å². The number of allylic oxidation sites excluding steroid dienone is 1. The number of nitrogens with two attached hydrogens (primary N) is 1. The van der Waals surface area contributed by atoms with Crippen molar-refractivity contribution in [3.63, 3.8) is 0 Å². The molecule has 0 aromatic heterocycles. The van der Waals surface area contributed by atoms with Gasteiger partial charge < -0.3 is 21.1 Å². The predicted octanol–water partition coefficient (Wildman–Crippen LogP) is -0.170. The van der Waals surface area contributed by atoms with Gasteiger partial charge in [-0.2, -0.15) is 0 Å². The van der Waals surface area contributed by atoms with Crippen LogP contribution in [0.15, 0.2) is 24.0 Å². The third-order valence-corrected chi connectivity index (χ3v) is 1.89. The van der Waals surface area contributed by atoms with Crippen LogP contribution >= 0.6 is 0 Å². The number of aliphatic hydroxyl groups excluding tert-OH is 1. The van der Waals surface area contributed by atoms with Gasteiger partial charge in [0.2, 0.25) is 0 Å². The molecule has 17 heavy (non-hydrogen) atoms. The quantitative estimate of drug-likeness (QED) is 0.220. The molecule has 0 unspecified atom stereocenters. The fourth-order valence-electron chi connectivity index (χ4n) is 0.901. The fraction of sp³-hybridized carbons (Fsp3) is 0.300. The Morgan fingerprint density at radius 3 is 2.12 bits per heavy atom. The summed E-state index contributed by atoms with van der Waals surface area (Å²) in [7, 11) is 0. The van der Waals surface area contributed by atoms with Crippen LogP contribution in [-0.4, -0.2) is 38.6 Å². The minimum absolute atomic E-state index is 0.0343. The molecule has 0 heterocycles. The lowest BCUT2D eigenvalue weighted by atomic mass is 9.94. The largest absolute Gasteiger partial charge is 0.515 e. The second kappa shape index (κ2) is 5.80. The molecule has 7 heteroatoms. The van der Waals surface area contributed by atoms with E-state index in [1.807, 2.05) is 0 Å². The van der Waals surface area contributed by atoms with Gasteiger partial charge in [-0.15, -0.1) is 0 Å². The number of hydrogen-bond acceptors (Lipinski definition) is 5. The first-order valence-corrected chi connectivity index (χ1v) is 4.51. The van der Waals surface area contributed by atoms with Crippen LogP contribution in [0.5, 0.6) is 0 Å². The lowest BCUT2D eigenvalue weighted by molar-refractivity contribution is -0.146. The maximum Gasteiger partial charge on any atom is 0.376 e. The first-order chi connectivity index (χ1) is 7.70. The van der Waals surface area contributed by atoms with E-state index in [1.165, 1.54) is 6.92 Å². The summed E-state index contributed by atoms with van der Waals surface area (Å²) in [5.74, 6) is -4.11. The highest BCUT2D eigenvalue weighted by Gasteiger charge is 2.28. The second-order valence-corrected chi connectivity index (χ2v) is 3.61. The highest BCUT2D eigenvalue weighted by molar-refractivity contribution is 6.37. The summed E-state index contributed by atoms with van der Waals surface area (Å²) in [5, 5.41) is 25.8. The van der Waals surface area contributed by atoms with E-state index in [0.717, 1.165) is 6.08 Å². The maximum absolute atomic E-state index is 10.7. The number of carbonyl (C=O) groups is 3. The first-order valence-electron chi connectivity index (χ1n) is 4.51. The minimum Gasteiger partial charge on any atom is -0.515 e. The van der Waals surface area contributed by atoms with E-state index in [4.69, 9.17) is 21.1 Å². The third kappa shape index (κ3) is 4.94. The van der Waals surface area contributed by atoms with Crippen molar-refractivity contribution in [1.82, 2.24) is 0 Å². The Morgan fingerprint density at radius 2 is 1.76 bits per heavy atom. The number of rotatable bonds is 6. The van der Waals surface area contributed by atoms with Crippen molar-refractivity contribution in [3.05, 3.63) is 24.0 Å². The minimum atomic E-state index is -1.65. The van der Waals surface area contributed by atoms with Gasteiger partial charge in [-0.3, -0.25) is 9.59 Å². The number of carbonyl (C=O) groups excluding carboxylic acids is 1. The van der Waals surface area contributed by atoms with Gasteiger partial charge in [0.15, 0.2) is 0 Å². The van der Waals surface area contributed by atoms with Crippen LogP contribution in [0, 0.1) is 0 Å². The Hall–Kier alpha value is -2.15. The summed E-state index contributed by atoms with van der Waals surface area (Å²) in [4.78, 5) is 31.6. The molecular weight excluding hydrogens is 230 g/mol. The van der Waals surface area contributed by atoms with Crippen LogP contribution in [0.2, 0.25) is 0 Å². The summed E-state index contributed by atoms with van der Waals surface area (Å²) in [6.07, 6.45) is 2.04. The number of carboxylic acids is 2.